The molecule has 3 N–H and O–H groups in total. The second-order valence-corrected chi connectivity index (χ2v) is 5.64. The summed E-state index contributed by atoms with van der Waals surface area (Å²) in [6.07, 6.45) is 1.67. The number of rotatable bonds is 5. The Morgan fingerprint density at radius 2 is 2.00 bits per heavy atom. The first-order chi connectivity index (χ1) is 12.1. The molecule has 0 aliphatic carbocycles. The van der Waals surface area contributed by atoms with Crippen LogP contribution in [-0.2, 0) is 6.54 Å². The van der Waals surface area contributed by atoms with Gasteiger partial charge in [0.05, 0.1) is 13.7 Å². The van der Waals surface area contributed by atoms with E-state index in [0.717, 1.165) is 16.7 Å². The maximum Gasteiger partial charge on any atom is 0.252 e. The lowest BCUT2D eigenvalue weighted by Crippen LogP contribution is -2.19. The van der Waals surface area contributed by atoms with Crippen LogP contribution in [0.25, 0.3) is 11.1 Å². The average molecular weight is 336 g/mol. The van der Waals surface area contributed by atoms with Crippen LogP contribution in [0, 0.1) is 5.21 Å². The van der Waals surface area contributed by atoms with E-state index in [9.17, 15) is 10.0 Å². The van der Waals surface area contributed by atoms with E-state index in [-0.39, 0.29) is 5.56 Å². The minimum atomic E-state index is -0.157. The first-order valence-corrected chi connectivity index (χ1v) is 7.72. The number of nitrogen functional groups attached to an aromatic ring is 1. The van der Waals surface area contributed by atoms with Crippen molar-refractivity contribution in [3.05, 3.63) is 81.9 Å². The predicted octanol–water partition coefficient (Wildman–Crippen LogP) is 3.06. The van der Waals surface area contributed by atoms with Crippen LogP contribution in [0.5, 0.6) is 5.75 Å². The molecule has 1 aromatic heterocycles. The maximum absolute atomic E-state index is 12.0. The first kappa shape index (κ1) is 16.6. The Labute approximate surface area is 145 Å². The third-order valence-corrected chi connectivity index (χ3v) is 3.93. The van der Waals surface area contributed by atoms with Crippen molar-refractivity contribution >= 4 is 11.4 Å². The second-order valence-electron chi connectivity index (χ2n) is 5.64. The Kier molecular flexibility index (Phi) is 4.72. The van der Waals surface area contributed by atoms with Gasteiger partial charge in [-0.2, -0.15) is 0 Å². The molecule has 0 bridgehead atoms. The van der Waals surface area contributed by atoms with Gasteiger partial charge in [-0.25, -0.2) is 0 Å². The topological polar surface area (TPSA) is 92.3 Å². The van der Waals surface area contributed by atoms with Crippen molar-refractivity contribution in [2.24, 2.45) is 0 Å². The molecule has 0 spiro atoms. The summed E-state index contributed by atoms with van der Waals surface area (Å²) in [6.45, 7) is 0.412. The van der Waals surface area contributed by atoms with Gasteiger partial charge in [0, 0.05) is 29.2 Å². The molecule has 0 aliphatic rings. The smallest absolute Gasteiger partial charge is 0.252 e. The molecule has 25 heavy (non-hydrogen) atoms. The van der Waals surface area contributed by atoms with Crippen LogP contribution in [-0.4, -0.2) is 11.7 Å². The fraction of sp³-hybridized carbons (Fsp3) is 0.105. The SMILES string of the molecule is COc1ccc(Cn2ccc(N)cc2=O)cc1-c1cccc(N[O-])c1. The monoisotopic (exact) mass is 336 g/mol. The van der Waals surface area contributed by atoms with E-state index >= 15 is 0 Å². The Bertz CT molecular complexity index is 951. The fourth-order valence-electron chi connectivity index (χ4n) is 2.68. The van der Waals surface area contributed by atoms with Gasteiger partial charge in [-0.3, -0.25) is 4.79 Å². The van der Waals surface area contributed by atoms with E-state index in [1.807, 2.05) is 29.7 Å². The van der Waals surface area contributed by atoms with Crippen LogP contribution in [0.2, 0.25) is 0 Å². The predicted molar refractivity (Wildman–Crippen MR) is 99.6 cm³/mol. The van der Waals surface area contributed by atoms with Gasteiger partial charge in [0.1, 0.15) is 5.75 Å². The lowest BCUT2D eigenvalue weighted by Gasteiger charge is -2.14. The minimum absolute atomic E-state index is 0.157. The molecule has 6 heteroatoms. The molecular formula is C19H18N3O3-. The largest absolute Gasteiger partial charge is 0.761 e. The highest BCUT2D eigenvalue weighted by atomic mass is 16.5. The normalized spacial score (nSPS) is 10.5. The molecule has 0 atom stereocenters. The first-order valence-electron chi connectivity index (χ1n) is 7.72. The molecule has 128 valence electrons. The van der Waals surface area contributed by atoms with Crippen molar-refractivity contribution < 1.29 is 4.74 Å². The summed E-state index contributed by atoms with van der Waals surface area (Å²) in [4.78, 5) is 12.0. The lowest BCUT2D eigenvalue weighted by molar-refractivity contribution is 0.416. The number of aromatic nitrogens is 1. The molecule has 0 aliphatic heterocycles. The molecule has 3 aromatic rings. The van der Waals surface area contributed by atoms with Gasteiger partial charge in [-0.1, -0.05) is 18.2 Å². The zero-order valence-corrected chi connectivity index (χ0v) is 13.7. The second kappa shape index (κ2) is 7.11. The number of ether oxygens (including phenoxy) is 1. The standard InChI is InChI=1S/C19H18N3O3/c1-25-18-6-5-13(12-22-8-7-15(20)11-19(22)23)9-17(18)14-3-2-4-16(10-14)21-24/h2-11,21H,12,20H2,1H3/q-1. The maximum atomic E-state index is 12.0. The highest BCUT2D eigenvalue weighted by Crippen LogP contribution is 2.32. The van der Waals surface area contributed by atoms with Gasteiger partial charge >= 0.3 is 0 Å². The third-order valence-electron chi connectivity index (χ3n) is 3.93. The summed E-state index contributed by atoms with van der Waals surface area (Å²) in [6, 6.07) is 15.9. The van der Waals surface area contributed by atoms with Gasteiger partial charge in [0.2, 0.25) is 0 Å². The van der Waals surface area contributed by atoms with E-state index in [0.29, 0.717) is 23.7 Å². The van der Waals surface area contributed by atoms with Crippen LogP contribution in [0.3, 0.4) is 0 Å². The Morgan fingerprint density at radius 1 is 1.16 bits per heavy atom. The van der Waals surface area contributed by atoms with E-state index in [1.54, 1.807) is 42.1 Å². The highest BCUT2D eigenvalue weighted by Gasteiger charge is 2.08. The van der Waals surface area contributed by atoms with Crippen molar-refractivity contribution in [3.8, 4) is 16.9 Å². The highest BCUT2D eigenvalue weighted by molar-refractivity contribution is 5.74. The number of anilines is 2. The Morgan fingerprint density at radius 3 is 2.72 bits per heavy atom. The number of nitrogens with one attached hydrogen (secondary N) is 1. The fourth-order valence-corrected chi connectivity index (χ4v) is 2.68. The summed E-state index contributed by atoms with van der Waals surface area (Å²) in [5.74, 6) is 0.691. The van der Waals surface area contributed by atoms with Crippen molar-refractivity contribution in [1.82, 2.24) is 4.57 Å². The number of hydrogen-bond donors (Lipinski definition) is 2. The summed E-state index contributed by atoms with van der Waals surface area (Å²) < 4.78 is 7.02. The van der Waals surface area contributed by atoms with Crippen molar-refractivity contribution in [2.75, 3.05) is 18.3 Å². The number of benzene rings is 2. The molecule has 0 saturated carbocycles. The molecule has 0 amide bonds. The molecular weight excluding hydrogens is 318 g/mol. The van der Waals surface area contributed by atoms with Crippen molar-refractivity contribution in [1.29, 1.82) is 0 Å². The number of hydrogen-bond acceptors (Lipinski definition) is 5. The molecule has 3 rings (SSSR count). The lowest BCUT2D eigenvalue weighted by atomic mass is 10.0. The van der Waals surface area contributed by atoms with Gasteiger partial charge in [0.25, 0.3) is 5.56 Å². The molecule has 0 radical (unpaired) electrons. The van der Waals surface area contributed by atoms with Gasteiger partial charge in [-0.15, -0.1) is 0 Å². The number of nitrogens with zero attached hydrogens (tertiary/aromatic N) is 1. The van der Waals surface area contributed by atoms with E-state index < -0.39 is 0 Å². The van der Waals surface area contributed by atoms with Gasteiger partial charge in [-0.05, 0) is 41.5 Å². The Balaban J connectivity index is 2.01. The van der Waals surface area contributed by atoms with Crippen LogP contribution < -0.4 is 21.5 Å². The molecule has 0 saturated heterocycles. The quantitative estimate of drug-likeness (QED) is 0.699. The van der Waals surface area contributed by atoms with Crippen LogP contribution in [0.4, 0.5) is 11.4 Å². The van der Waals surface area contributed by atoms with Crippen LogP contribution >= 0.6 is 0 Å². The molecule has 2 aromatic carbocycles. The molecule has 6 nitrogen and oxygen atoms in total. The third kappa shape index (κ3) is 3.64. The van der Waals surface area contributed by atoms with Crippen molar-refractivity contribution in [3.63, 3.8) is 0 Å². The average Bonchev–Trinajstić information content (AvgIpc) is 2.64. The summed E-state index contributed by atoms with van der Waals surface area (Å²) in [7, 11) is 1.60. The molecule has 0 unspecified atom stereocenters. The van der Waals surface area contributed by atoms with Crippen molar-refractivity contribution in [2.45, 2.75) is 6.54 Å². The zero-order valence-electron chi connectivity index (χ0n) is 13.7. The Hall–Kier alpha value is -3.25. The number of methoxy groups -OCH3 is 1. The summed E-state index contributed by atoms with van der Waals surface area (Å²) in [5, 5.41) is 10.9. The van der Waals surface area contributed by atoms with Gasteiger partial charge in [0.15, 0.2) is 0 Å². The van der Waals surface area contributed by atoms with Crippen LogP contribution in [0.1, 0.15) is 5.56 Å². The molecule has 0 fully saturated rings. The zero-order chi connectivity index (χ0) is 17.8. The summed E-state index contributed by atoms with van der Waals surface area (Å²) >= 11 is 0. The van der Waals surface area contributed by atoms with E-state index in [1.165, 1.54) is 6.07 Å². The van der Waals surface area contributed by atoms with E-state index in [2.05, 4.69) is 0 Å². The molecule has 1 heterocycles. The number of pyridine rings is 1. The number of nitrogens with two attached hydrogens (primary N) is 1. The minimum Gasteiger partial charge on any atom is -0.761 e. The van der Waals surface area contributed by atoms with E-state index in [4.69, 9.17) is 10.5 Å². The van der Waals surface area contributed by atoms with Gasteiger partial charge < -0.3 is 25.7 Å². The van der Waals surface area contributed by atoms with Crippen LogP contribution in [0.15, 0.2) is 65.6 Å². The summed E-state index contributed by atoms with van der Waals surface area (Å²) in [5.41, 5.74) is 10.9.